The van der Waals surface area contributed by atoms with Gasteiger partial charge in [0.25, 0.3) is 0 Å². The van der Waals surface area contributed by atoms with Crippen molar-refractivity contribution in [1.29, 1.82) is 0 Å². The number of amides is 1. The third-order valence-electron chi connectivity index (χ3n) is 7.17. The summed E-state index contributed by atoms with van der Waals surface area (Å²) in [7, 11) is -3.56. The number of fused-ring (bicyclic) bond motifs is 1. The van der Waals surface area contributed by atoms with Crippen LogP contribution in [0.5, 0.6) is 0 Å². The lowest BCUT2D eigenvalue weighted by molar-refractivity contribution is -0.137. The van der Waals surface area contributed by atoms with Gasteiger partial charge in [-0.3, -0.25) is 4.79 Å². The molecule has 2 aliphatic heterocycles. The number of anilines is 1. The monoisotopic (exact) mass is 544 g/mol. The number of rotatable bonds is 5. The summed E-state index contributed by atoms with van der Waals surface area (Å²) in [6.45, 7) is 7.86. The number of piperidine rings is 1. The molecule has 3 aromatic rings. The van der Waals surface area contributed by atoms with Crippen LogP contribution in [0.3, 0.4) is 0 Å². The number of carbonyl (C=O) groups excluding carboxylic acids is 1. The van der Waals surface area contributed by atoms with Crippen LogP contribution < -0.4 is 4.90 Å². The molecule has 0 saturated carbocycles. The first-order chi connectivity index (χ1) is 17.3. The third kappa shape index (κ3) is 4.88. The van der Waals surface area contributed by atoms with Crippen LogP contribution in [0.4, 0.5) is 5.13 Å². The van der Waals surface area contributed by atoms with Gasteiger partial charge < -0.3 is 9.80 Å². The fraction of sp³-hybridized carbons (Fsp3) is 0.462. The lowest BCUT2D eigenvalue weighted by Crippen LogP contribution is -2.52. The van der Waals surface area contributed by atoms with Crippen molar-refractivity contribution in [2.24, 2.45) is 5.92 Å². The number of piperazine rings is 1. The molecule has 0 unspecified atom stereocenters. The molecule has 0 bridgehead atoms. The van der Waals surface area contributed by atoms with Gasteiger partial charge >= 0.3 is 0 Å². The number of hydrogen-bond donors (Lipinski definition) is 0. The second-order valence-electron chi connectivity index (χ2n) is 9.57. The maximum atomic E-state index is 13.3. The summed E-state index contributed by atoms with van der Waals surface area (Å²) in [4.78, 5) is 23.5. The van der Waals surface area contributed by atoms with Gasteiger partial charge in [0.1, 0.15) is 0 Å². The molecule has 0 aliphatic carbocycles. The molecule has 0 atom stereocenters. The highest BCUT2D eigenvalue weighted by Crippen LogP contribution is 2.33. The predicted octanol–water partition coefficient (Wildman–Crippen LogP) is 4.38. The summed E-state index contributed by atoms with van der Waals surface area (Å²) in [5, 5.41) is 1.02. The van der Waals surface area contributed by atoms with Gasteiger partial charge in [-0.1, -0.05) is 29.5 Å². The average molecular weight is 545 g/mol. The molecule has 2 aromatic carbocycles. The summed E-state index contributed by atoms with van der Waals surface area (Å²) < 4.78 is 29.2. The average Bonchev–Trinajstić information content (AvgIpc) is 3.33. The van der Waals surface area contributed by atoms with Crippen LogP contribution >= 0.6 is 23.1 Å². The smallest absolute Gasteiger partial charge is 0.244 e. The largest absolute Gasteiger partial charge is 0.345 e. The van der Waals surface area contributed by atoms with Gasteiger partial charge in [-0.05, 0) is 62.3 Å². The van der Waals surface area contributed by atoms with E-state index in [1.165, 1.54) is 27.6 Å². The van der Waals surface area contributed by atoms with Gasteiger partial charge in [0.2, 0.25) is 15.9 Å². The molecular weight excluding hydrogens is 513 g/mol. The van der Waals surface area contributed by atoms with Crippen molar-refractivity contribution in [3.8, 4) is 0 Å². The van der Waals surface area contributed by atoms with Crippen molar-refractivity contribution < 1.29 is 13.2 Å². The van der Waals surface area contributed by atoms with Gasteiger partial charge in [0.05, 0.1) is 15.1 Å². The summed E-state index contributed by atoms with van der Waals surface area (Å²) in [5.41, 5.74) is 3.52. The van der Waals surface area contributed by atoms with E-state index >= 15 is 0 Å². The van der Waals surface area contributed by atoms with Crippen molar-refractivity contribution in [2.75, 3.05) is 50.4 Å². The number of thiazole rings is 1. The van der Waals surface area contributed by atoms with Crippen molar-refractivity contribution in [1.82, 2.24) is 14.2 Å². The predicted molar refractivity (Wildman–Crippen MR) is 148 cm³/mol. The topological polar surface area (TPSA) is 73.8 Å². The zero-order valence-corrected chi connectivity index (χ0v) is 23.4. The number of aromatic nitrogens is 1. The Kier molecular flexibility index (Phi) is 7.31. The lowest BCUT2D eigenvalue weighted by Gasteiger charge is -2.38. The van der Waals surface area contributed by atoms with E-state index in [-0.39, 0.29) is 11.8 Å². The van der Waals surface area contributed by atoms with Gasteiger partial charge in [0, 0.05) is 50.1 Å². The van der Waals surface area contributed by atoms with Crippen molar-refractivity contribution in [2.45, 2.75) is 36.5 Å². The second-order valence-corrected chi connectivity index (χ2v) is 13.3. The summed E-state index contributed by atoms with van der Waals surface area (Å²) >= 11 is 3.16. The highest BCUT2D eigenvalue weighted by atomic mass is 32.2. The van der Waals surface area contributed by atoms with Crippen LogP contribution in [0.15, 0.2) is 46.2 Å². The maximum absolute atomic E-state index is 13.3. The Morgan fingerprint density at radius 2 is 1.72 bits per heavy atom. The molecule has 0 radical (unpaired) electrons. The number of carbonyl (C=O) groups is 1. The molecule has 10 heteroatoms. The molecule has 0 N–H and O–H groups in total. The van der Waals surface area contributed by atoms with Crippen molar-refractivity contribution in [3.63, 3.8) is 0 Å². The Morgan fingerprint density at radius 3 is 2.42 bits per heavy atom. The Morgan fingerprint density at radius 1 is 1.03 bits per heavy atom. The molecule has 2 saturated heterocycles. The molecule has 192 valence electrons. The number of hydrogen-bond acceptors (Lipinski definition) is 7. The van der Waals surface area contributed by atoms with E-state index in [1.807, 2.05) is 23.3 Å². The minimum atomic E-state index is -3.56. The Balaban J connectivity index is 1.18. The Hall–Kier alpha value is -2.14. The first kappa shape index (κ1) is 25.5. The molecule has 3 heterocycles. The normalized spacial score (nSPS) is 18.2. The molecular formula is C26H32N4O3S3. The van der Waals surface area contributed by atoms with Gasteiger partial charge in [-0.2, -0.15) is 4.31 Å². The van der Waals surface area contributed by atoms with E-state index in [2.05, 4.69) is 30.9 Å². The fourth-order valence-corrected chi connectivity index (χ4v) is 8.97. The SMILES string of the molecule is CSc1ccccc1S(=O)(=O)N1CCC(C(=O)N2CCN(c3nc4c(C)cc(C)cc4s3)CC2)CC1. The number of thioether (sulfide) groups is 1. The van der Waals surface area contributed by atoms with E-state index in [0.717, 1.165) is 28.6 Å². The molecule has 2 aliphatic rings. The molecule has 1 aromatic heterocycles. The highest BCUT2D eigenvalue weighted by Gasteiger charge is 2.35. The lowest BCUT2D eigenvalue weighted by atomic mass is 9.96. The summed E-state index contributed by atoms with van der Waals surface area (Å²) in [5.74, 6) is 0.0406. The van der Waals surface area contributed by atoms with Crippen LogP contribution in [0.2, 0.25) is 0 Å². The maximum Gasteiger partial charge on any atom is 0.244 e. The van der Waals surface area contributed by atoms with E-state index in [4.69, 9.17) is 4.98 Å². The van der Waals surface area contributed by atoms with Crippen LogP contribution in [-0.2, 0) is 14.8 Å². The minimum Gasteiger partial charge on any atom is -0.345 e. The van der Waals surface area contributed by atoms with Crippen molar-refractivity contribution in [3.05, 3.63) is 47.5 Å². The summed E-state index contributed by atoms with van der Waals surface area (Å²) in [6, 6.07) is 11.5. The molecule has 0 spiro atoms. The Bertz CT molecular complexity index is 1370. The molecule has 5 rings (SSSR count). The number of sulfonamides is 1. The van der Waals surface area contributed by atoms with Crippen LogP contribution in [0.25, 0.3) is 10.2 Å². The fourth-order valence-electron chi connectivity index (χ4n) is 5.18. The highest BCUT2D eigenvalue weighted by molar-refractivity contribution is 7.99. The van der Waals surface area contributed by atoms with E-state index in [0.29, 0.717) is 43.9 Å². The van der Waals surface area contributed by atoms with E-state index < -0.39 is 10.0 Å². The summed E-state index contributed by atoms with van der Waals surface area (Å²) in [6.07, 6.45) is 3.02. The first-order valence-corrected chi connectivity index (χ1v) is 15.8. The molecule has 36 heavy (non-hydrogen) atoms. The molecule has 7 nitrogen and oxygen atoms in total. The van der Waals surface area contributed by atoms with Gasteiger partial charge in [-0.15, -0.1) is 11.8 Å². The number of aryl methyl sites for hydroxylation is 2. The number of benzene rings is 2. The van der Waals surface area contributed by atoms with Crippen LogP contribution in [0.1, 0.15) is 24.0 Å². The van der Waals surface area contributed by atoms with Gasteiger partial charge in [0.15, 0.2) is 5.13 Å². The number of nitrogens with zero attached hydrogens (tertiary/aromatic N) is 4. The van der Waals surface area contributed by atoms with Crippen molar-refractivity contribution >= 4 is 54.4 Å². The molecule has 1 amide bonds. The van der Waals surface area contributed by atoms with Crippen LogP contribution in [-0.4, -0.2) is 74.0 Å². The minimum absolute atomic E-state index is 0.119. The third-order valence-corrected chi connectivity index (χ3v) is 11.1. The quantitative estimate of drug-likeness (QED) is 0.444. The standard InChI is InChI=1S/C26H32N4O3S3/c1-18-16-19(2)24-22(17-18)35-26(27-24)29-14-12-28(13-15-29)25(31)20-8-10-30(11-9-20)36(32,33)23-7-5-4-6-21(23)34-3/h4-7,16-17,20H,8-15H2,1-3H3. The second kappa shape index (κ2) is 10.3. The van der Waals surface area contributed by atoms with E-state index in [1.54, 1.807) is 27.8 Å². The Labute approximate surface area is 221 Å². The van der Waals surface area contributed by atoms with Gasteiger partial charge in [-0.25, -0.2) is 13.4 Å². The zero-order valence-electron chi connectivity index (χ0n) is 20.9. The van der Waals surface area contributed by atoms with Crippen LogP contribution in [0, 0.1) is 19.8 Å². The van der Waals surface area contributed by atoms with E-state index in [9.17, 15) is 13.2 Å². The first-order valence-electron chi connectivity index (χ1n) is 12.3. The molecule has 2 fully saturated rings. The zero-order chi connectivity index (χ0) is 25.4.